The maximum atomic E-state index is 11.9. The van der Waals surface area contributed by atoms with Crippen LogP contribution in [0.25, 0.3) is 0 Å². The standard InChI is InChI=1S/C12H21NO/c1-3-9-4-5-10-6-7-13(2)12(14)11(10)8-9/h9-11H,3-8H2,1-2H3/t9?,10?,11-/m0/s1. The molecule has 1 saturated heterocycles. The van der Waals surface area contributed by atoms with Crippen molar-refractivity contribution < 1.29 is 4.79 Å². The minimum atomic E-state index is 0.368. The number of piperidine rings is 1. The van der Waals surface area contributed by atoms with Gasteiger partial charge in [-0.1, -0.05) is 19.8 Å². The summed E-state index contributed by atoms with van der Waals surface area (Å²) in [6.45, 7) is 3.23. The molecule has 1 aliphatic heterocycles. The van der Waals surface area contributed by atoms with Crippen molar-refractivity contribution in [2.24, 2.45) is 17.8 Å². The van der Waals surface area contributed by atoms with Gasteiger partial charge < -0.3 is 4.90 Å². The van der Waals surface area contributed by atoms with Crippen LogP contribution >= 0.6 is 0 Å². The third-order valence-electron chi connectivity index (χ3n) is 4.21. The van der Waals surface area contributed by atoms with Gasteiger partial charge in [0.2, 0.25) is 5.91 Å². The molecule has 0 aromatic rings. The molecule has 2 heteroatoms. The van der Waals surface area contributed by atoms with E-state index < -0.39 is 0 Å². The Balaban J connectivity index is 2.05. The maximum absolute atomic E-state index is 11.9. The van der Waals surface area contributed by atoms with Gasteiger partial charge in [-0.2, -0.15) is 0 Å². The van der Waals surface area contributed by atoms with E-state index >= 15 is 0 Å². The fourth-order valence-corrected chi connectivity index (χ4v) is 3.09. The lowest BCUT2D eigenvalue weighted by atomic mass is 9.70. The summed E-state index contributed by atoms with van der Waals surface area (Å²) in [6.07, 6.45) is 6.30. The van der Waals surface area contributed by atoms with Crippen molar-refractivity contribution in [3.05, 3.63) is 0 Å². The Hall–Kier alpha value is -0.530. The zero-order chi connectivity index (χ0) is 10.1. The topological polar surface area (TPSA) is 20.3 Å². The smallest absolute Gasteiger partial charge is 0.225 e. The Labute approximate surface area is 86.7 Å². The summed E-state index contributed by atoms with van der Waals surface area (Å²) in [5, 5.41) is 0. The molecule has 1 heterocycles. The fraction of sp³-hybridized carbons (Fsp3) is 0.917. The van der Waals surface area contributed by atoms with E-state index in [0.29, 0.717) is 17.7 Å². The van der Waals surface area contributed by atoms with E-state index in [0.717, 1.165) is 18.9 Å². The summed E-state index contributed by atoms with van der Waals surface area (Å²) in [5.74, 6) is 2.31. The molecule has 2 rings (SSSR count). The summed E-state index contributed by atoms with van der Waals surface area (Å²) in [7, 11) is 1.95. The third kappa shape index (κ3) is 1.67. The number of likely N-dealkylation sites (tertiary alicyclic amines) is 1. The number of amides is 1. The molecule has 1 amide bonds. The second-order valence-corrected chi connectivity index (χ2v) is 5.00. The van der Waals surface area contributed by atoms with E-state index in [-0.39, 0.29) is 0 Å². The number of rotatable bonds is 1. The van der Waals surface area contributed by atoms with E-state index in [1.165, 1.54) is 25.7 Å². The van der Waals surface area contributed by atoms with E-state index in [4.69, 9.17) is 0 Å². The molecule has 0 bridgehead atoms. The molecular formula is C12H21NO. The van der Waals surface area contributed by atoms with Gasteiger partial charge in [-0.15, -0.1) is 0 Å². The zero-order valence-corrected chi connectivity index (χ0v) is 9.33. The van der Waals surface area contributed by atoms with Gasteiger partial charge in [0.15, 0.2) is 0 Å². The van der Waals surface area contributed by atoms with Crippen molar-refractivity contribution in [2.45, 2.75) is 39.0 Å². The molecule has 14 heavy (non-hydrogen) atoms. The summed E-state index contributed by atoms with van der Waals surface area (Å²) < 4.78 is 0. The lowest BCUT2D eigenvalue weighted by Gasteiger charge is -2.41. The SMILES string of the molecule is CCC1CCC2CCN(C)C(=O)[C@H]2C1. The molecule has 2 unspecified atom stereocenters. The number of fused-ring (bicyclic) bond motifs is 1. The quantitative estimate of drug-likeness (QED) is 0.628. The predicted molar refractivity (Wildman–Crippen MR) is 56.9 cm³/mol. The second-order valence-electron chi connectivity index (χ2n) is 5.00. The first-order valence-corrected chi connectivity index (χ1v) is 5.97. The first-order chi connectivity index (χ1) is 6.72. The van der Waals surface area contributed by atoms with E-state index in [1.807, 2.05) is 11.9 Å². The van der Waals surface area contributed by atoms with Gasteiger partial charge in [-0.05, 0) is 31.1 Å². The van der Waals surface area contributed by atoms with E-state index in [1.54, 1.807) is 0 Å². The van der Waals surface area contributed by atoms with E-state index in [9.17, 15) is 4.79 Å². The molecule has 1 aliphatic carbocycles. The van der Waals surface area contributed by atoms with Gasteiger partial charge in [0.05, 0.1) is 0 Å². The van der Waals surface area contributed by atoms with Gasteiger partial charge in [-0.25, -0.2) is 0 Å². The highest BCUT2D eigenvalue weighted by atomic mass is 16.2. The molecule has 0 N–H and O–H groups in total. The van der Waals surface area contributed by atoms with Crippen LogP contribution in [-0.2, 0) is 4.79 Å². The maximum Gasteiger partial charge on any atom is 0.225 e. The Morgan fingerprint density at radius 3 is 2.86 bits per heavy atom. The number of nitrogens with zero attached hydrogens (tertiary/aromatic N) is 1. The third-order valence-corrected chi connectivity index (χ3v) is 4.21. The highest BCUT2D eigenvalue weighted by molar-refractivity contribution is 5.79. The minimum Gasteiger partial charge on any atom is -0.346 e. The summed E-state index contributed by atoms with van der Waals surface area (Å²) in [5.41, 5.74) is 0. The molecule has 80 valence electrons. The molecule has 0 aromatic carbocycles. The molecule has 2 aliphatic rings. The van der Waals surface area contributed by atoms with Crippen molar-refractivity contribution in [3.8, 4) is 0 Å². The van der Waals surface area contributed by atoms with Crippen molar-refractivity contribution in [1.29, 1.82) is 0 Å². The van der Waals surface area contributed by atoms with Crippen molar-refractivity contribution in [2.75, 3.05) is 13.6 Å². The highest BCUT2D eigenvalue weighted by Crippen LogP contribution is 2.40. The number of hydrogen-bond acceptors (Lipinski definition) is 1. The van der Waals surface area contributed by atoms with Crippen molar-refractivity contribution in [3.63, 3.8) is 0 Å². The van der Waals surface area contributed by atoms with Crippen molar-refractivity contribution >= 4 is 5.91 Å². The second kappa shape index (κ2) is 3.92. The molecule has 0 radical (unpaired) electrons. The molecular weight excluding hydrogens is 174 g/mol. The average molecular weight is 195 g/mol. The largest absolute Gasteiger partial charge is 0.346 e. The first kappa shape index (κ1) is 10.0. The lowest BCUT2D eigenvalue weighted by Crippen LogP contribution is -2.45. The molecule has 0 spiro atoms. The van der Waals surface area contributed by atoms with Gasteiger partial charge >= 0.3 is 0 Å². The Morgan fingerprint density at radius 2 is 2.14 bits per heavy atom. The number of carbonyl (C=O) groups is 1. The minimum absolute atomic E-state index is 0.368. The summed E-state index contributed by atoms with van der Waals surface area (Å²) in [4.78, 5) is 13.9. The van der Waals surface area contributed by atoms with Gasteiger partial charge in [0.25, 0.3) is 0 Å². The van der Waals surface area contributed by atoms with Crippen LogP contribution in [0.1, 0.15) is 39.0 Å². The normalized spacial score (nSPS) is 38.3. The zero-order valence-electron chi connectivity index (χ0n) is 9.33. The monoisotopic (exact) mass is 195 g/mol. The van der Waals surface area contributed by atoms with Gasteiger partial charge in [0.1, 0.15) is 0 Å². The lowest BCUT2D eigenvalue weighted by molar-refractivity contribution is -0.142. The van der Waals surface area contributed by atoms with Crippen LogP contribution < -0.4 is 0 Å². The van der Waals surface area contributed by atoms with Crippen LogP contribution in [0.3, 0.4) is 0 Å². The van der Waals surface area contributed by atoms with Gasteiger partial charge in [0, 0.05) is 19.5 Å². The summed E-state index contributed by atoms with van der Waals surface area (Å²) in [6, 6.07) is 0. The molecule has 1 saturated carbocycles. The molecule has 2 nitrogen and oxygen atoms in total. The Morgan fingerprint density at radius 1 is 1.36 bits per heavy atom. The molecule has 2 fully saturated rings. The van der Waals surface area contributed by atoms with E-state index in [2.05, 4.69) is 6.92 Å². The van der Waals surface area contributed by atoms with Crippen LogP contribution in [0, 0.1) is 17.8 Å². The van der Waals surface area contributed by atoms with Crippen LogP contribution in [0.4, 0.5) is 0 Å². The van der Waals surface area contributed by atoms with Crippen LogP contribution in [-0.4, -0.2) is 24.4 Å². The average Bonchev–Trinajstić information content (AvgIpc) is 2.23. The number of carbonyl (C=O) groups excluding carboxylic acids is 1. The van der Waals surface area contributed by atoms with Crippen LogP contribution in [0.2, 0.25) is 0 Å². The molecule has 0 aromatic heterocycles. The first-order valence-electron chi connectivity index (χ1n) is 5.97. The summed E-state index contributed by atoms with van der Waals surface area (Å²) >= 11 is 0. The van der Waals surface area contributed by atoms with Gasteiger partial charge in [-0.3, -0.25) is 4.79 Å². The Bertz CT molecular complexity index is 226. The van der Waals surface area contributed by atoms with Crippen LogP contribution in [0.15, 0.2) is 0 Å². The van der Waals surface area contributed by atoms with Crippen LogP contribution in [0.5, 0.6) is 0 Å². The fourth-order valence-electron chi connectivity index (χ4n) is 3.09. The Kier molecular flexibility index (Phi) is 2.80. The molecule has 3 atom stereocenters. The highest BCUT2D eigenvalue weighted by Gasteiger charge is 2.38. The predicted octanol–water partition coefficient (Wildman–Crippen LogP) is 2.29. The van der Waals surface area contributed by atoms with Crippen molar-refractivity contribution in [1.82, 2.24) is 4.90 Å². The number of hydrogen-bond donors (Lipinski definition) is 0.